The lowest BCUT2D eigenvalue weighted by Crippen LogP contribution is -2.51. The van der Waals surface area contributed by atoms with E-state index in [9.17, 15) is 9.90 Å². The van der Waals surface area contributed by atoms with Crippen LogP contribution in [0, 0.1) is 5.92 Å². The van der Waals surface area contributed by atoms with Crippen LogP contribution < -0.4 is 10.1 Å². The van der Waals surface area contributed by atoms with E-state index in [4.69, 9.17) is 4.74 Å². The number of nitrogens with one attached hydrogen (secondary N) is 1. The maximum absolute atomic E-state index is 12.5. The summed E-state index contributed by atoms with van der Waals surface area (Å²) >= 11 is 0. The van der Waals surface area contributed by atoms with Gasteiger partial charge in [0.2, 0.25) is 0 Å². The van der Waals surface area contributed by atoms with Crippen molar-refractivity contribution in [2.45, 2.75) is 88.6 Å². The minimum absolute atomic E-state index is 0.0191. The van der Waals surface area contributed by atoms with Gasteiger partial charge in [0.1, 0.15) is 5.75 Å². The van der Waals surface area contributed by atoms with E-state index >= 15 is 0 Å². The maximum Gasteiger partial charge on any atom is 0.412 e. The van der Waals surface area contributed by atoms with Crippen molar-refractivity contribution < 1.29 is 14.6 Å². The number of likely N-dealkylation sites (tertiary alicyclic amines) is 1. The predicted octanol–water partition coefficient (Wildman–Crippen LogP) is 6.02. The molecule has 0 spiro atoms. The van der Waals surface area contributed by atoms with Crippen molar-refractivity contribution in [1.82, 2.24) is 10.2 Å². The fraction of sp³-hybridized carbons (Fsp3) is 0.594. The molecule has 1 heterocycles. The molecular weight excluding hydrogens is 460 g/mol. The summed E-state index contributed by atoms with van der Waals surface area (Å²) in [5.41, 5.74) is 3.53. The Morgan fingerprint density at radius 2 is 1.95 bits per heavy atom. The van der Waals surface area contributed by atoms with E-state index in [0.29, 0.717) is 18.2 Å². The van der Waals surface area contributed by atoms with Crippen LogP contribution in [0.3, 0.4) is 0 Å². The van der Waals surface area contributed by atoms with Crippen molar-refractivity contribution >= 4 is 6.09 Å². The monoisotopic (exact) mass is 504 g/mol. The van der Waals surface area contributed by atoms with Crippen LogP contribution in [0.2, 0.25) is 0 Å². The minimum atomic E-state index is -0.535. The van der Waals surface area contributed by atoms with Crippen LogP contribution in [0.25, 0.3) is 0 Å². The topological polar surface area (TPSA) is 61.8 Å². The zero-order valence-corrected chi connectivity index (χ0v) is 22.5. The first-order chi connectivity index (χ1) is 18.0. The summed E-state index contributed by atoms with van der Waals surface area (Å²) in [6, 6.07) is 17.1. The van der Waals surface area contributed by atoms with Gasteiger partial charge >= 0.3 is 6.09 Å². The number of nitrogens with zero attached hydrogens (tertiary/aromatic N) is 1. The van der Waals surface area contributed by atoms with Gasteiger partial charge in [0.25, 0.3) is 0 Å². The van der Waals surface area contributed by atoms with Crippen LogP contribution in [0.15, 0.2) is 48.5 Å². The average molecular weight is 505 g/mol. The molecule has 200 valence electrons. The third-order valence-electron chi connectivity index (χ3n) is 9.23. The van der Waals surface area contributed by atoms with Crippen molar-refractivity contribution in [3.8, 4) is 5.75 Å². The number of ether oxygens (including phenoxy) is 1. The molecule has 2 fully saturated rings. The van der Waals surface area contributed by atoms with Crippen LogP contribution in [0.1, 0.15) is 81.4 Å². The Morgan fingerprint density at radius 3 is 2.73 bits per heavy atom. The summed E-state index contributed by atoms with van der Waals surface area (Å²) in [4.78, 5) is 14.9. The van der Waals surface area contributed by atoms with Gasteiger partial charge in [0, 0.05) is 12.0 Å². The first-order valence-corrected chi connectivity index (χ1v) is 14.6. The van der Waals surface area contributed by atoms with Crippen molar-refractivity contribution in [3.05, 3.63) is 65.2 Å². The molecule has 1 saturated carbocycles. The Balaban J connectivity index is 1.29. The number of amides is 1. The Labute approximate surface area is 222 Å². The molecule has 0 bridgehead atoms. The van der Waals surface area contributed by atoms with Crippen LogP contribution in [-0.4, -0.2) is 47.9 Å². The van der Waals surface area contributed by atoms with Gasteiger partial charge in [-0.05, 0) is 119 Å². The zero-order valence-electron chi connectivity index (χ0n) is 22.5. The number of fused-ring (bicyclic) bond motifs is 3. The second-order valence-electron chi connectivity index (χ2n) is 11.8. The van der Waals surface area contributed by atoms with E-state index in [0.717, 1.165) is 64.3 Å². The highest BCUT2D eigenvalue weighted by Gasteiger charge is 2.51. The van der Waals surface area contributed by atoms with Gasteiger partial charge in [0.05, 0.1) is 5.60 Å². The number of carbonyl (C=O) groups excluding carboxylic acids is 1. The van der Waals surface area contributed by atoms with Gasteiger partial charge < -0.3 is 20.1 Å². The first kappa shape index (κ1) is 26.2. The molecule has 3 atom stereocenters. The molecule has 5 rings (SSSR count). The molecule has 3 aliphatic rings. The molecule has 0 aromatic heterocycles. The SMILES string of the molecule is CCC[C@@]1(O)CC[C@@]2(Cc3ccccc3)c3ccc(OC(=O)NCCCN4CCCC4)cc3CC[C@@H]2C1. The summed E-state index contributed by atoms with van der Waals surface area (Å²) in [7, 11) is 0. The fourth-order valence-electron chi connectivity index (χ4n) is 7.43. The van der Waals surface area contributed by atoms with Gasteiger partial charge in [-0.15, -0.1) is 0 Å². The number of rotatable bonds is 9. The number of hydrogen-bond donors (Lipinski definition) is 2. The number of aryl methyl sites for hydroxylation is 1. The number of benzene rings is 2. The molecule has 1 saturated heterocycles. The lowest BCUT2D eigenvalue weighted by atomic mass is 9.52. The molecule has 0 unspecified atom stereocenters. The number of hydrogen-bond acceptors (Lipinski definition) is 4. The Morgan fingerprint density at radius 1 is 1.14 bits per heavy atom. The highest BCUT2D eigenvalue weighted by atomic mass is 16.6. The summed E-state index contributed by atoms with van der Waals surface area (Å²) < 4.78 is 5.70. The molecule has 0 radical (unpaired) electrons. The molecule has 1 amide bonds. The van der Waals surface area contributed by atoms with E-state index in [1.807, 2.05) is 6.07 Å². The normalized spacial score (nSPS) is 27.4. The van der Waals surface area contributed by atoms with Crippen molar-refractivity contribution in [2.24, 2.45) is 5.92 Å². The van der Waals surface area contributed by atoms with Gasteiger partial charge in [0.15, 0.2) is 0 Å². The Bertz CT molecular complexity index is 1050. The lowest BCUT2D eigenvalue weighted by Gasteiger charge is -2.53. The van der Waals surface area contributed by atoms with Crippen molar-refractivity contribution in [3.63, 3.8) is 0 Å². The molecular formula is C32H44N2O3. The van der Waals surface area contributed by atoms with Gasteiger partial charge in [-0.1, -0.05) is 49.7 Å². The number of aliphatic hydroxyl groups is 1. The fourth-order valence-corrected chi connectivity index (χ4v) is 7.43. The van der Waals surface area contributed by atoms with E-state index in [2.05, 4.69) is 59.6 Å². The zero-order chi connectivity index (χ0) is 25.7. The molecule has 2 N–H and O–H groups in total. The van der Waals surface area contributed by atoms with Gasteiger partial charge in [-0.25, -0.2) is 4.79 Å². The highest BCUT2D eigenvalue weighted by Crippen LogP contribution is 2.55. The summed E-state index contributed by atoms with van der Waals surface area (Å²) in [5.74, 6) is 1.08. The van der Waals surface area contributed by atoms with Crippen LogP contribution in [0.5, 0.6) is 5.75 Å². The molecule has 1 aliphatic heterocycles. The standard InChI is InChI=1S/C32H44N2O3/c1-2-15-31(36)16-17-32(23-25-9-4-3-5-10-25)27(24-31)12-11-26-22-28(13-14-29(26)32)37-30(35)33-18-8-21-34-19-6-7-20-34/h3-5,9-10,13-14,22,27,36H,2,6-8,11-12,15-21,23-24H2,1H3,(H,33,35)/t27-,31-,32+/m1/s1. The number of carbonyl (C=O) groups is 1. The molecule has 2 aromatic carbocycles. The Kier molecular flexibility index (Phi) is 8.21. The second kappa shape index (κ2) is 11.6. The molecule has 37 heavy (non-hydrogen) atoms. The average Bonchev–Trinajstić information content (AvgIpc) is 3.41. The minimum Gasteiger partial charge on any atom is -0.410 e. The van der Waals surface area contributed by atoms with Crippen LogP contribution >= 0.6 is 0 Å². The van der Waals surface area contributed by atoms with Crippen molar-refractivity contribution in [1.29, 1.82) is 0 Å². The van der Waals surface area contributed by atoms with E-state index in [1.165, 1.54) is 42.6 Å². The maximum atomic E-state index is 12.5. The van der Waals surface area contributed by atoms with E-state index in [1.54, 1.807) is 0 Å². The third kappa shape index (κ3) is 6.04. The lowest BCUT2D eigenvalue weighted by molar-refractivity contribution is -0.0565. The second-order valence-corrected chi connectivity index (χ2v) is 11.8. The van der Waals surface area contributed by atoms with Crippen LogP contribution in [0.4, 0.5) is 4.79 Å². The van der Waals surface area contributed by atoms with Crippen LogP contribution in [-0.2, 0) is 18.3 Å². The van der Waals surface area contributed by atoms with Crippen molar-refractivity contribution in [2.75, 3.05) is 26.2 Å². The molecule has 2 aliphatic carbocycles. The first-order valence-electron chi connectivity index (χ1n) is 14.6. The van der Waals surface area contributed by atoms with Gasteiger partial charge in [-0.3, -0.25) is 0 Å². The van der Waals surface area contributed by atoms with E-state index < -0.39 is 5.60 Å². The molecule has 5 heteroatoms. The highest BCUT2D eigenvalue weighted by molar-refractivity contribution is 5.70. The largest absolute Gasteiger partial charge is 0.412 e. The summed E-state index contributed by atoms with van der Waals surface area (Å²) in [6.07, 6.45) is 10.8. The quantitative estimate of drug-likeness (QED) is 0.410. The van der Waals surface area contributed by atoms with Gasteiger partial charge in [-0.2, -0.15) is 0 Å². The van der Waals surface area contributed by atoms with E-state index in [-0.39, 0.29) is 11.5 Å². The third-order valence-corrected chi connectivity index (χ3v) is 9.23. The molecule has 5 nitrogen and oxygen atoms in total. The smallest absolute Gasteiger partial charge is 0.410 e. The molecule has 2 aromatic rings. The summed E-state index contributed by atoms with van der Waals surface area (Å²) in [5, 5.41) is 14.3. The predicted molar refractivity (Wildman–Crippen MR) is 148 cm³/mol. The summed E-state index contributed by atoms with van der Waals surface area (Å²) in [6.45, 7) is 6.22. The Hall–Kier alpha value is -2.37.